The highest BCUT2D eigenvalue weighted by Gasteiger charge is 2.28. The van der Waals surface area contributed by atoms with Crippen LogP contribution in [0.25, 0.3) is 11.4 Å². The van der Waals surface area contributed by atoms with Gasteiger partial charge in [-0.3, -0.25) is 9.48 Å². The van der Waals surface area contributed by atoms with Crippen LogP contribution >= 0.6 is 0 Å². The molecule has 3 heterocycles. The Balaban J connectivity index is 2.09. The van der Waals surface area contributed by atoms with E-state index in [-0.39, 0.29) is 17.7 Å². The molecular formula is C12H12F2N4O2. The van der Waals surface area contributed by atoms with Crippen molar-refractivity contribution in [3.63, 3.8) is 0 Å². The Hall–Kier alpha value is -2.25. The Kier molecular flexibility index (Phi) is 2.81. The van der Waals surface area contributed by atoms with Crippen LogP contribution in [0.2, 0.25) is 0 Å². The molecule has 8 heteroatoms. The monoisotopic (exact) mass is 282 g/mol. The van der Waals surface area contributed by atoms with Crippen LogP contribution < -0.4 is 4.74 Å². The lowest BCUT2D eigenvalue weighted by Gasteiger charge is -2.24. The van der Waals surface area contributed by atoms with Gasteiger partial charge >= 0.3 is 6.61 Å². The maximum Gasteiger partial charge on any atom is 0.388 e. The molecule has 1 atom stereocenters. The minimum atomic E-state index is -2.91. The average molecular weight is 282 g/mol. The number of carbonyl (C=O) groups excluding carboxylic acids is 1. The van der Waals surface area contributed by atoms with Crippen molar-refractivity contribution in [3.05, 3.63) is 18.1 Å². The van der Waals surface area contributed by atoms with Crippen molar-refractivity contribution in [2.24, 2.45) is 0 Å². The zero-order valence-corrected chi connectivity index (χ0v) is 10.9. The molecule has 1 aliphatic heterocycles. The van der Waals surface area contributed by atoms with Gasteiger partial charge in [-0.05, 0) is 6.92 Å². The van der Waals surface area contributed by atoms with E-state index < -0.39 is 6.61 Å². The Morgan fingerprint density at radius 2 is 2.25 bits per heavy atom. The van der Waals surface area contributed by atoms with Gasteiger partial charge in [-0.25, -0.2) is 4.98 Å². The molecule has 0 aromatic carbocycles. The van der Waals surface area contributed by atoms with E-state index in [2.05, 4.69) is 14.8 Å². The van der Waals surface area contributed by atoms with Gasteiger partial charge in [0.2, 0.25) is 5.88 Å². The molecule has 0 saturated heterocycles. The molecule has 20 heavy (non-hydrogen) atoms. The van der Waals surface area contributed by atoms with Crippen LogP contribution in [0.4, 0.5) is 8.78 Å². The fraction of sp³-hybridized carbons (Fsp3) is 0.417. The van der Waals surface area contributed by atoms with E-state index in [0.717, 1.165) is 0 Å². The highest BCUT2D eigenvalue weighted by atomic mass is 19.3. The molecule has 106 valence electrons. The summed E-state index contributed by atoms with van der Waals surface area (Å²) in [5.74, 6) is 0.0811. The second-order valence-electron chi connectivity index (χ2n) is 4.67. The minimum Gasteiger partial charge on any atom is -0.415 e. The van der Waals surface area contributed by atoms with Crippen LogP contribution in [-0.4, -0.2) is 31.7 Å². The largest absolute Gasteiger partial charge is 0.415 e. The van der Waals surface area contributed by atoms with E-state index in [0.29, 0.717) is 23.8 Å². The van der Waals surface area contributed by atoms with E-state index in [1.165, 1.54) is 13.0 Å². The lowest BCUT2D eigenvalue weighted by Crippen LogP contribution is -2.23. The molecule has 0 spiro atoms. The first-order valence-electron chi connectivity index (χ1n) is 6.08. The second-order valence-corrected chi connectivity index (χ2v) is 4.67. The van der Waals surface area contributed by atoms with Crippen molar-refractivity contribution >= 4 is 5.78 Å². The van der Waals surface area contributed by atoms with Gasteiger partial charge in [0.15, 0.2) is 11.6 Å². The number of ether oxygens (including phenoxy) is 1. The molecular weight excluding hydrogens is 270 g/mol. The number of hydrogen-bond donors (Lipinski definition) is 0. The molecule has 0 amide bonds. The van der Waals surface area contributed by atoms with Crippen LogP contribution in [0, 0.1) is 0 Å². The third-order valence-electron chi connectivity index (χ3n) is 3.22. The average Bonchev–Trinajstić information content (AvgIpc) is 2.91. The van der Waals surface area contributed by atoms with Crippen LogP contribution in [0.15, 0.2) is 12.3 Å². The normalized spacial score (nSPS) is 16.9. The number of alkyl halides is 2. The van der Waals surface area contributed by atoms with Crippen molar-refractivity contribution in [3.8, 4) is 17.3 Å². The Morgan fingerprint density at radius 3 is 2.90 bits per heavy atom. The SMILES string of the molecule is CC(=O)c1ncc2n1[C@@H](C)Cn1nc(OC(F)F)cc1-2. The molecule has 0 aliphatic carbocycles. The van der Waals surface area contributed by atoms with Gasteiger partial charge in [0.25, 0.3) is 0 Å². The Bertz CT molecular complexity index is 677. The first-order valence-corrected chi connectivity index (χ1v) is 6.08. The lowest BCUT2D eigenvalue weighted by atomic mass is 10.2. The molecule has 6 nitrogen and oxygen atoms in total. The number of fused-ring (bicyclic) bond motifs is 3. The van der Waals surface area contributed by atoms with Gasteiger partial charge < -0.3 is 9.30 Å². The summed E-state index contributed by atoms with van der Waals surface area (Å²) >= 11 is 0. The molecule has 2 aromatic heterocycles. The number of imidazole rings is 1. The second kappa shape index (κ2) is 4.39. The third-order valence-corrected chi connectivity index (χ3v) is 3.22. The number of rotatable bonds is 3. The van der Waals surface area contributed by atoms with Crippen molar-refractivity contribution < 1.29 is 18.3 Å². The van der Waals surface area contributed by atoms with Crippen LogP contribution in [0.3, 0.4) is 0 Å². The lowest BCUT2D eigenvalue weighted by molar-refractivity contribution is -0.0532. The van der Waals surface area contributed by atoms with Crippen molar-refractivity contribution in [2.45, 2.75) is 33.0 Å². The van der Waals surface area contributed by atoms with E-state index in [1.54, 1.807) is 15.4 Å². The minimum absolute atomic E-state index is 0.0433. The van der Waals surface area contributed by atoms with Gasteiger partial charge in [-0.15, -0.1) is 5.10 Å². The fourth-order valence-corrected chi connectivity index (χ4v) is 2.48. The summed E-state index contributed by atoms with van der Waals surface area (Å²) in [5.41, 5.74) is 1.28. The molecule has 0 fully saturated rings. The van der Waals surface area contributed by atoms with Gasteiger partial charge in [-0.1, -0.05) is 0 Å². The van der Waals surface area contributed by atoms with E-state index in [9.17, 15) is 13.6 Å². The van der Waals surface area contributed by atoms with Crippen LogP contribution in [0.5, 0.6) is 5.88 Å². The zero-order valence-electron chi connectivity index (χ0n) is 10.9. The van der Waals surface area contributed by atoms with Gasteiger partial charge in [0, 0.05) is 13.0 Å². The van der Waals surface area contributed by atoms with Crippen LogP contribution in [-0.2, 0) is 6.54 Å². The summed E-state index contributed by atoms with van der Waals surface area (Å²) < 4.78 is 32.2. The summed E-state index contributed by atoms with van der Waals surface area (Å²) in [6, 6.07) is 1.38. The first kappa shape index (κ1) is 12.8. The highest BCUT2D eigenvalue weighted by molar-refractivity contribution is 5.91. The molecule has 2 aromatic rings. The molecule has 0 unspecified atom stereocenters. The quantitative estimate of drug-likeness (QED) is 0.809. The highest BCUT2D eigenvalue weighted by Crippen LogP contribution is 2.33. The smallest absolute Gasteiger partial charge is 0.388 e. The van der Waals surface area contributed by atoms with Crippen molar-refractivity contribution in [2.75, 3.05) is 0 Å². The van der Waals surface area contributed by atoms with Crippen molar-refractivity contribution in [1.29, 1.82) is 0 Å². The number of nitrogens with zero attached hydrogens (tertiary/aromatic N) is 4. The summed E-state index contributed by atoms with van der Waals surface area (Å²) in [4.78, 5) is 15.7. The number of aromatic nitrogens is 4. The zero-order chi connectivity index (χ0) is 14.4. The van der Waals surface area contributed by atoms with E-state index >= 15 is 0 Å². The maximum absolute atomic E-state index is 12.2. The summed E-state index contributed by atoms with van der Waals surface area (Å²) in [6.45, 7) is 0.906. The predicted molar refractivity (Wildman–Crippen MR) is 64.8 cm³/mol. The number of ketones is 1. The number of Topliss-reactive ketones (excluding diaryl/α,β-unsaturated/α-hetero) is 1. The third kappa shape index (κ3) is 1.87. The predicted octanol–water partition coefficient (Wildman–Crippen LogP) is 2.13. The van der Waals surface area contributed by atoms with Gasteiger partial charge in [0.1, 0.15) is 0 Å². The van der Waals surface area contributed by atoms with E-state index in [1.807, 2.05) is 6.92 Å². The summed E-state index contributed by atoms with van der Waals surface area (Å²) in [7, 11) is 0. The van der Waals surface area contributed by atoms with Gasteiger partial charge in [-0.2, -0.15) is 8.78 Å². The topological polar surface area (TPSA) is 61.9 Å². The molecule has 0 N–H and O–H groups in total. The standard InChI is InChI=1S/C12H12F2N4O2/c1-6-5-17-8(3-10(16-17)20-12(13)14)9-4-15-11(7(2)19)18(6)9/h3-4,6,12H,5H2,1-2H3/t6-/m0/s1. The number of hydrogen-bond acceptors (Lipinski definition) is 4. The van der Waals surface area contributed by atoms with Crippen molar-refractivity contribution in [1.82, 2.24) is 19.3 Å². The summed E-state index contributed by atoms with van der Waals surface area (Å²) in [5, 5.41) is 3.98. The Morgan fingerprint density at radius 1 is 1.50 bits per heavy atom. The Labute approximate surface area is 113 Å². The molecule has 1 aliphatic rings. The van der Waals surface area contributed by atoms with Gasteiger partial charge in [0.05, 0.1) is 30.2 Å². The first-order chi connectivity index (χ1) is 9.47. The number of halogens is 2. The molecule has 0 radical (unpaired) electrons. The fourth-order valence-electron chi connectivity index (χ4n) is 2.48. The summed E-state index contributed by atoms with van der Waals surface area (Å²) in [6.07, 6.45) is 1.55. The van der Waals surface area contributed by atoms with Crippen LogP contribution in [0.1, 0.15) is 30.5 Å². The number of carbonyl (C=O) groups is 1. The molecule has 3 rings (SSSR count). The van der Waals surface area contributed by atoms with E-state index in [4.69, 9.17) is 0 Å². The molecule has 0 bridgehead atoms. The maximum atomic E-state index is 12.2. The molecule has 0 saturated carbocycles.